The summed E-state index contributed by atoms with van der Waals surface area (Å²) < 4.78 is 40.5. The average Bonchev–Trinajstić information content (AvgIpc) is 2.70. The average molecular weight is 549 g/mol. The van der Waals surface area contributed by atoms with Gasteiger partial charge in [-0.3, -0.25) is 4.79 Å². The van der Waals surface area contributed by atoms with E-state index in [-0.39, 0.29) is 17.0 Å². The van der Waals surface area contributed by atoms with E-state index in [1.54, 1.807) is 51.1 Å². The third-order valence-electron chi connectivity index (χ3n) is 5.21. The number of halogens is 1. The number of fused-ring (bicyclic) bond motifs is 1. The van der Waals surface area contributed by atoms with Gasteiger partial charge in [-0.15, -0.1) is 0 Å². The van der Waals surface area contributed by atoms with Gasteiger partial charge < -0.3 is 9.47 Å². The zero-order chi connectivity index (χ0) is 25.3. The zero-order valence-electron chi connectivity index (χ0n) is 20.0. The first-order valence-corrected chi connectivity index (χ1v) is 13.1. The molecule has 0 fully saturated rings. The van der Waals surface area contributed by atoms with Crippen LogP contribution in [0.1, 0.15) is 52.2 Å². The molecule has 2 aromatic rings. The maximum absolute atomic E-state index is 13.7. The topological polar surface area (TPSA) is 77.3 Å². The summed E-state index contributed by atoms with van der Waals surface area (Å²) in [5, 5.41) is 0. The predicted molar refractivity (Wildman–Crippen MR) is 133 cm³/mol. The van der Waals surface area contributed by atoms with Crippen LogP contribution in [0.5, 0.6) is 5.75 Å². The Kier molecular flexibility index (Phi) is 7.46. The fraction of sp³-hybridized carbons (Fsp3) is 0.440. The smallest absolute Gasteiger partial charge is 0.321 e. The van der Waals surface area contributed by atoms with Crippen LogP contribution in [0.3, 0.4) is 0 Å². The number of sulfonamides is 1. The first kappa shape index (κ1) is 26.2. The lowest BCUT2D eigenvalue weighted by molar-refractivity contribution is -0.155. The largest absolute Gasteiger partial charge is 0.488 e. The molecule has 34 heavy (non-hydrogen) atoms. The summed E-state index contributed by atoms with van der Waals surface area (Å²) in [7, 11) is -4.06. The molecule has 2 aromatic carbocycles. The number of rotatable bonds is 6. The Morgan fingerprint density at radius 1 is 1.24 bits per heavy atom. The van der Waals surface area contributed by atoms with Crippen LogP contribution in [0, 0.1) is 6.57 Å². The van der Waals surface area contributed by atoms with E-state index in [2.05, 4.69) is 20.8 Å². The van der Waals surface area contributed by atoms with Gasteiger partial charge in [-0.05, 0) is 88.9 Å². The minimum absolute atomic E-state index is 0.0820. The third-order valence-corrected chi connectivity index (χ3v) is 7.45. The van der Waals surface area contributed by atoms with Crippen LogP contribution in [-0.2, 0) is 32.5 Å². The summed E-state index contributed by atoms with van der Waals surface area (Å²) in [6, 6.07) is 9.78. The van der Waals surface area contributed by atoms with E-state index >= 15 is 0 Å². The zero-order valence-corrected chi connectivity index (χ0v) is 22.4. The monoisotopic (exact) mass is 548 g/mol. The lowest BCUT2D eigenvalue weighted by atomic mass is 9.94. The van der Waals surface area contributed by atoms with E-state index < -0.39 is 28.1 Å². The number of aryl methyl sites for hydroxylation is 1. The molecule has 1 heterocycles. The van der Waals surface area contributed by atoms with Gasteiger partial charge in [0.05, 0.1) is 11.5 Å². The van der Waals surface area contributed by atoms with Crippen molar-refractivity contribution in [3.8, 4) is 5.75 Å². The molecule has 0 atom stereocenters. The van der Waals surface area contributed by atoms with Crippen molar-refractivity contribution in [3.05, 3.63) is 63.4 Å². The first-order chi connectivity index (χ1) is 15.7. The minimum atomic E-state index is -4.06. The maximum Gasteiger partial charge on any atom is 0.321 e. The molecule has 0 amide bonds. The normalized spacial score (nSPS) is 15.2. The Balaban J connectivity index is 1.98. The van der Waals surface area contributed by atoms with Crippen LogP contribution < -0.4 is 4.74 Å². The number of hydrogen-bond acceptors (Lipinski definition) is 5. The highest BCUT2D eigenvalue weighted by atomic mass is 79.9. The van der Waals surface area contributed by atoms with Crippen LogP contribution in [0.2, 0.25) is 0 Å². The van der Waals surface area contributed by atoms with Gasteiger partial charge in [0.1, 0.15) is 23.5 Å². The molecule has 0 aromatic heterocycles. The molecule has 0 saturated heterocycles. The summed E-state index contributed by atoms with van der Waals surface area (Å²) in [5.41, 5.74) is 0.700. The van der Waals surface area contributed by atoms with Crippen LogP contribution in [-0.4, -0.2) is 36.4 Å². The van der Waals surface area contributed by atoms with Crippen molar-refractivity contribution in [2.75, 3.05) is 6.54 Å². The van der Waals surface area contributed by atoms with Gasteiger partial charge in [0, 0.05) is 11.0 Å². The van der Waals surface area contributed by atoms with Crippen molar-refractivity contribution in [2.24, 2.45) is 0 Å². The molecule has 0 spiro atoms. The van der Waals surface area contributed by atoms with E-state index in [0.717, 1.165) is 16.3 Å². The summed E-state index contributed by atoms with van der Waals surface area (Å²) in [6.45, 7) is 15.9. The Labute approximate surface area is 210 Å². The summed E-state index contributed by atoms with van der Waals surface area (Å²) in [5.74, 6) is 0.0158. The van der Waals surface area contributed by atoms with E-state index in [0.29, 0.717) is 27.9 Å². The molecule has 0 unspecified atom stereocenters. The highest BCUT2D eigenvalue weighted by molar-refractivity contribution is 9.10. The van der Waals surface area contributed by atoms with E-state index in [9.17, 15) is 13.2 Å². The van der Waals surface area contributed by atoms with Crippen LogP contribution >= 0.6 is 15.9 Å². The van der Waals surface area contributed by atoms with Gasteiger partial charge in [-0.25, -0.2) is 13.3 Å². The molecule has 0 saturated carbocycles. The maximum atomic E-state index is 13.7. The molecular formula is C25H29BrN2O5S. The van der Waals surface area contributed by atoms with Crippen molar-refractivity contribution in [3.63, 3.8) is 0 Å². The molecule has 9 heteroatoms. The van der Waals surface area contributed by atoms with Crippen molar-refractivity contribution in [1.29, 1.82) is 0 Å². The molecule has 1 aliphatic rings. The second kappa shape index (κ2) is 9.68. The van der Waals surface area contributed by atoms with Gasteiger partial charge in [0.2, 0.25) is 10.0 Å². The highest BCUT2D eigenvalue weighted by Crippen LogP contribution is 2.35. The Morgan fingerprint density at radius 3 is 2.59 bits per heavy atom. The van der Waals surface area contributed by atoms with Crippen LogP contribution in [0.4, 0.5) is 5.69 Å². The molecule has 3 rings (SSSR count). The van der Waals surface area contributed by atoms with Crippen molar-refractivity contribution in [2.45, 2.75) is 70.1 Å². The SMILES string of the molecule is [C-]#[N+]c1cc(Br)cc(CN(CC(=O)OC(C)(C)C)S(=O)(=O)c2ccc3c(c2)CCC(C)(C)O3)c1. The number of carbonyl (C=O) groups is 1. The molecule has 1 aliphatic heterocycles. The second-order valence-electron chi connectivity index (χ2n) is 9.92. The van der Waals surface area contributed by atoms with Crippen molar-refractivity contribution < 1.29 is 22.7 Å². The molecule has 7 nitrogen and oxygen atoms in total. The number of carbonyl (C=O) groups excluding carboxylic acids is 1. The number of ether oxygens (including phenoxy) is 2. The summed E-state index contributed by atoms with van der Waals surface area (Å²) >= 11 is 3.36. The Bertz CT molecular complexity index is 1240. The van der Waals surface area contributed by atoms with Gasteiger partial charge in [-0.2, -0.15) is 4.31 Å². The summed E-state index contributed by atoms with van der Waals surface area (Å²) in [6.07, 6.45) is 1.46. The van der Waals surface area contributed by atoms with E-state index in [1.165, 1.54) is 6.07 Å². The fourth-order valence-electron chi connectivity index (χ4n) is 3.68. The molecule has 0 radical (unpaired) electrons. The Morgan fingerprint density at radius 2 is 1.94 bits per heavy atom. The van der Waals surface area contributed by atoms with Gasteiger partial charge >= 0.3 is 5.97 Å². The molecule has 0 bridgehead atoms. The third kappa shape index (κ3) is 6.59. The molecule has 0 aliphatic carbocycles. The molecular weight excluding hydrogens is 520 g/mol. The van der Waals surface area contributed by atoms with E-state index in [4.69, 9.17) is 16.0 Å². The van der Waals surface area contributed by atoms with Crippen molar-refractivity contribution in [1.82, 2.24) is 4.31 Å². The summed E-state index contributed by atoms with van der Waals surface area (Å²) in [4.78, 5) is 16.1. The van der Waals surface area contributed by atoms with Crippen LogP contribution in [0.25, 0.3) is 4.85 Å². The Hall–Kier alpha value is -2.41. The second-order valence-corrected chi connectivity index (χ2v) is 12.8. The number of nitrogens with zero attached hydrogens (tertiary/aromatic N) is 2. The van der Waals surface area contributed by atoms with Gasteiger partial charge in [-0.1, -0.05) is 22.0 Å². The van der Waals surface area contributed by atoms with Gasteiger partial charge in [0.15, 0.2) is 5.69 Å². The van der Waals surface area contributed by atoms with Crippen LogP contribution in [0.15, 0.2) is 45.8 Å². The molecule has 182 valence electrons. The first-order valence-electron chi connectivity index (χ1n) is 10.9. The highest BCUT2D eigenvalue weighted by Gasteiger charge is 2.32. The predicted octanol–water partition coefficient (Wildman–Crippen LogP) is 5.64. The minimum Gasteiger partial charge on any atom is -0.488 e. The molecule has 0 N–H and O–H groups in total. The lowest BCUT2D eigenvalue weighted by Crippen LogP contribution is -2.38. The number of hydrogen-bond donors (Lipinski definition) is 0. The number of benzene rings is 2. The number of esters is 1. The standard InChI is InChI=1S/C25H29BrN2O5S/c1-24(2,3)33-23(29)16-28(15-17-11-19(26)14-20(12-17)27-6)34(30,31)21-7-8-22-18(13-21)9-10-25(4,5)32-22/h7-8,11-14H,9-10,15-16H2,1-5H3. The van der Waals surface area contributed by atoms with E-state index in [1.807, 2.05) is 13.8 Å². The quantitative estimate of drug-likeness (QED) is 0.345. The van der Waals surface area contributed by atoms with Gasteiger partial charge in [0.25, 0.3) is 0 Å². The lowest BCUT2D eigenvalue weighted by Gasteiger charge is -2.33. The fourth-order valence-corrected chi connectivity index (χ4v) is 5.63. The van der Waals surface area contributed by atoms with Crippen molar-refractivity contribution >= 4 is 37.6 Å².